The number of hydrogen-bond donors (Lipinski definition) is 0. The second-order valence-electron chi connectivity index (χ2n) is 4.89. The van der Waals surface area contributed by atoms with E-state index in [-0.39, 0.29) is 5.41 Å². The number of terminal acetylenes is 1. The van der Waals surface area contributed by atoms with Crippen LogP contribution in [-0.2, 0) is 0 Å². The highest BCUT2D eigenvalue weighted by Crippen LogP contribution is 2.09. The molecule has 0 aliphatic carbocycles. The third-order valence-electron chi connectivity index (χ3n) is 1.63. The van der Waals surface area contributed by atoms with Crippen LogP contribution in [0.5, 0.6) is 0 Å². The fourth-order valence-corrected chi connectivity index (χ4v) is 0.786. The van der Waals surface area contributed by atoms with Gasteiger partial charge in [-0.1, -0.05) is 5.92 Å². The van der Waals surface area contributed by atoms with E-state index in [0.717, 1.165) is 0 Å². The summed E-state index contributed by atoms with van der Waals surface area (Å²) in [6, 6.07) is 0. The summed E-state index contributed by atoms with van der Waals surface area (Å²) >= 11 is 0. The molecule has 0 rings (SSSR count). The van der Waals surface area contributed by atoms with E-state index in [9.17, 15) is 0 Å². The van der Waals surface area contributed by atoms with Crippen molar-refractivity contribution in [1.82, 2.24) is 0 Å². The highest BCUT2D eigenvalue weighted by atomic mass is 14.0. The van der Waals surface area contributed by atoms with Crippen LogP contribution in [0.1, 0.15) is 20.8 Å². The summed E-state index contributed by atoms with van der Waals surface area (Å²) < 4.78 is 0. The van der Waals surface area contributed by atoms with Gasteiger partial charge in [0.1, 0.15) is 0 Å². The molecule has 0 saturated heterocycles. The molecular weight excluding hydrogens is 312 g/mol. The zero-order chi connectivity index (χ0) is 19.3. The fraction of sp³-hybridized carbons (Fsp3) is 0.154. The van der Waals surface area contributed by atoms with E-state index in [0.29, 0.717) is 0 Å². The molecular formula is C26H10. The standard InChI is InChI=1S/C26H10/c1-5-6-7-8-9-10-11-12-13-14-15-16-17-18-19-20-21-22-23-24-25-26(2,3)4/h1H,2-4H3. The molecule has 0 aliphatic heterocycles. The predicted molar refractivity (Wildman–Crippen MR) is 106 cm³/mol. The first-order valence-corrected chi connectivity index (χ1v) is 7.04. The van der Waals surface area contributed by atoms with Crippen LogP contribution in [0.25, 0.3) is 0 Å². The van der Waals surface area contributed by atoms with Crippen LogP contribution in [0.4, 0.5) is 0 Å². The maximum atomic E-state index is 4.92. The van der Waals surface area contributed by atoms with Crippen molar-refractivity contribution in [3.63, 3.8) is 0 Å². The maximum absolute atomic E-state index is 4.92. The van der Waals surface area contributed by atoms with Crippen molar-refractivity contribution in [1.29, 1.82) is 0 Å². The molecule has 0 radical (unpaired) electrons. The molecule has 0 nitrogen and oxygen atoms in total. The van der Waals surface area contributed by atoms with Crippen molar-refractivity contribution in [3.05, 3.63) is 0 Å². The molecule has 0 saturated carbocycles. The fourth-order valence-electron chi connectivity index (χ4n) is 0.786. The van der Waals surface area contributed by atoms with E-state index in [2.05, 4.69) is 124 Å². The molecule has 0 heterocycles. The maximum Gasteiger partial charge on any atom is 0.0240 e. The minimum atomic E-state index is -0.0683. The van der Waals surface area contributed by atoms with Crippen molar-refractivity contribution in [2.24, 2.45) is 5.41 Å². The number of rotatable bonds is 0. The van der Waals surface area contributed by atoms with Gasteiger partial charge < -0.3 is 0 Å². The molecule has 0 amide bonds. The van der Waals surface area contributed by atoms with Crippen molar-refractivity contribution < 1.29 is 0 Å². The van der Waals surface area contributed by atoms with Gasteiger partial charge in [0.05, 0.1) is 0 Å². The second-order valence-corrected chi connectivity index (χ2v) is 4.89. The zero-order valence-corrected chi connectivity index (χ0v) is 14.6. The first-order valence-electron chi connectivity index (χ1n) is 7.04. The zero-order valence-electron chi connectivity index (χ0n) is 14.6. The molecule has 0 bridgehead atoms. The Morgan fingerprint density at radius 3 is 0.846 bits per heavy atom. The minimum Gasteiger partial charge on any atom is -0.106 e. The van der Waals surface area contributed by atoms with Crippen molar-refractivity contribution in [3.8, 4) is 131 Å². The first kappa shape index (κ1) is 21.2. The molecule has 0 atom stereocenters. The van der Waals surface area contributed by atoms with Gasteiger partial charge in [0, 0.05) is 29.1 Å². The van der Waals surface area contributed by atoms with Gasteiger partial charge in [-0.2, -0.15) is 0 Å². The molecule has 0 heteroatoms. The Morgan fingerprint density at radius 2 is 0.615 bits per heavy atom. The molecule has 0 fully saturated rings. The van der Waals surface area contributed by atoms with E-state index in [1.165, 1.54) is 0 Å². The minimum absolute atomic E-state index is 0.0683. The van der Waals surface area contributed by atoms with Gasteiger partial charge >= 0.3 is 0 Å². The van der Waals surface area contributed by atoms with Gasteiger partial charge in [-0.15, -0.1) is 6.42 Å². The quantitative estimate of drug-likeness (QED) is 0.596. The van der Waals surface area contributed by atoms with Crippen LogP contribution in [0.15, 0.2) is 0 Å². The topological polar surface area (TPSA) is 0 Å². The highest BCUT2D eigenvalue weighted by molar-refractivity contribution is 5.47. The Kier molecular flexibility index (Phi) is 12.3. The van der Waals surface area contributed by atoms with Crippen molar-refractivity contribution in [2.75, 3.05) is 0 Å². The Hall–Kier alpha value is -4.84. The van der Waals surface area contributed by atoms with Crippen molar-refractivity contribution >= 4 is 0 Å². The summed E-state index contributed by atoms with van der Waals surface area (Å²) in [6.45, 7) is 6.02. The van der Waals surface area contributed by atoms with E-state index in [1.807, 2.05) is 20.8 Å². The lowest BCUT2D eigenvalue weighted by Gasteiger charge is -2.05. The SMILES string of the molecule is C#CC#CC#CC#CC#CC#CC#CC#CC#CC#CC#CC(C)(C)C. The Bertz CT molecular complexity index is 1200. The monoisotopic (exact) mass is 322 g/mol. The van der Waals surface area contributed by atoms with Gasteiger partial charge in [-0.3, -0.25) is 0 Å². The molecule has 0 aliphatic rings. The average molecular weight is 322 g/mol. The normalized spacial score (nSPS) is 5.46. The molecule has 0 unspecified atom stereocenters. The third-order valence-corrected chi connectivity index (χ3v) is 1.63. The van der Waals surface area contributed by atoms with Crippen LogP contribution in [0.2, 0.25) is 0 Å². The largest absolute Gasteiger partial charge is 0.106 e. The molecule has 0 aromatic rings. The van der Waals surface area contributed by atoms with Gasteiger partial charge in [0.25, 0.3) is 0 Å². The van der Waals surface area contributed by atoms with Gasteiger partial charge in [0.2, 0.25) is 0 Å². The summed E-state index contributed by atoms with van der Waals surface area (Å²) in [5.74, 6) is 52.9. The summed E-state index contributed by atoms with van der Waals surface area (Å²) in [5, 5.41) is 0. The first-order chi connectivity index (χ1) is 12.6. The predicted octanol–water partition coefficient (Wildman–Crippen LogP) is 1.70. The van der Waals surface area contributed by atoms with Crippen molar-refractivity contribution in [2.45, 2.75) is 20.8 Å². The van der Waals surface area contributed by atoms with E-state index >= 15 is 0 Å². The molecule has 0 N–H and O–H groups in total. The average Bonchev–Trinajstić information content (AvgIpc) is 2.59. The van der Waals surface area contributed by atoms with E-state index in [1.54, 1.807) is 0 Å². The van der Waals surface area contributed by atoms with Crippen LogP contribution in [0.3, 0.4) is 0 Å². The summed E-state index contributed by atoms with van der Waals surface area (Å²) in [4.78, 5) is 0. The lowest BCUT2D eigenvalue weighted by Crippen LogP contribution is -1.98. The Balaban J connectivity index is 4.45. The molecule has 26 heavy (non-hydrogen) atoms. The van der Waals surface area contributed by atoms with Crippen LogP contribution in [-0.4, -0.2) is 0 Å². The number of hydrogen-bond acceptors (Lipinski definition) is 0. The lowest BCUT2D eigenvalue weighted by atomic mass is 9.98. The van der Waals surface area contributed by atoms with E-state index in [4.69, 9.17) is 6.42 Å². The summed E-state index contributed by atoms with van der Waals surface area (Å²) in [6.07, 6.45) is 4.92. The van der Waals surface area contributed by atoms with E-state index < -0.39 is 0 Å². The summed E-state index contributed by atoms with van der Waals surface area (Å²) in [5.41, 5.74) is -0.0683. The Morgan fingerprint density at radius 1 is 0.385 bits per heavy atom. The third kappa shape index (κ3) is 19.2. The summed E-state index contributed by atoms with van der Waals surface area (Å²) in [7, 11) is 0. The van der Waals surface area contributed by atoms with Crippen LogP contribution >= 0.6 is 0 Å². The molecule has 0 aromatic heterocycles. The van der Waals surface area contributed by atoms with Crippen LogP contribution in [0, 0.1) is 136 Å². The second kappa shape index (κ2) is 15.1. The van der Waals surface area contributed by atoms with Crippen LogP contribution < -0.4 is 0 Å². The molecule has 114 valence electrons. The van der Waals surface area contributed by atoms with Gasteiger partial charge in [-0.25, -0.2) is 0 Å². The lowest BCUT2D eigenvalue weighted by molar-refractivity contribution is 0.571. The van der Waals surface area contributed by atoms with Gasteiger partial charge in [0.15, 0.2) is 0 Å². The smallest absolute Gasteiger partial charge is 0.0240 e. The molecule has 0 spiro atoms. The molecule has 0 aromatic carbocycles. The Labute approximate surface area is 157 Å². The highest BCUT2D eigenvalue weighted by Gasteiger charge is 2.02. The van der Waals surface area contributed by atoms with Gasteiger partial charge in [-0.05, 0) is 115 Å².